The van der Waals surface area contributed by atoms with Crippen molar-refractivity contribution in [3.8, 4) is 0 Å². The van der Waals surface area contributed by atoms with Crippen LogP contribution in [0.15, 0.2) is 18.3 Å². The highest BCUT2D eigenvalue weighted by Gasteiger charge is 2.49. The lowest BCUT2D eigenvalue weighted by atomic mass is 9.73. The van der Waals surface area contributed by atoms with Crippen molar-refractivity contribution in [2.24, 2.45) is 23.2 Å². The van der Waals surface area contributed by atoms with E-state index in [2.05, 4.69) is 93.1 Å². The number of hydrogen-bond acceptors (Lipinski definition) is 8. The first-order valence-corrected chi connectivity index (χ1v) is 20.1. The summed E-state index contributed by atoms with van der Waals surface area (Å²) in [6.07, 6.45) is 16.6. The van der Waals surface area contributed by atoms with Gasteiger partial charge in [0, 0.05) is 43.4 Å². The lowest BCUT2D eigenvalue weighted by molar-refractivity contribution is -0.0472. The quantitative estimate of drug-likeness (QED) is 0.246. The predicted octanol–water partition coefficient (Wildman–Crippen LogP) is 7.49. The van der Waals surface area contributed by atoms with Crippen LogP contribution in [-0.4, -0.2) is 65.0 Å². The number of nitrogens with one attached hydrogen (secondary N) is 4. The summed E-state index contributed by atoms with van der Waals surface area (Å²) < 4.78 is 10.5. The molecule has 4 saturated heterocycles. The first kappa shape index (κ1) is 36.1. The Balaban J connectivity index is 1.20. The molecule has 5 heterocycles. The molecule has 5 fully saturated rings. The van der Waals surface area contributed by atoms with Crippen LogP contribution < -0.4 is 20.7 Å². The Kier molecular flexibility index (Phi) is 11.4. The van der Waals surface area contributed by atoms with Gasteiger partial charge in [0.1, 0.15) is 0 Å². The van der Waals surface area contributed by atoms with E-state index in [1.807, 2.05) is 18.1 Å². The summed E-state index contributed by atoms with van der Waals surface area (Å²) >= 11 is 1.94. The second-order valence-electron chi connectivity index (χ2n) is 18.7. The van der Waals surface area contributed by atoms with Gasteiger partial charge in [0.2, 0.25) is 0 Å². The topological polar surface area (TPSA) is 73.5 Å². The molecule has 1 aliphatic carbocycles. The number of aromatic nitrogens is 1. The van der Waals surface area contributed by atoms with Gasteiger partial charge in [-0.25, -0.2) is 0 Å². The molecule has 4 bridgehead atoms. The molecule has 9 unspecified atom stereocenters. The van der Waals surface area contributed by atoms with Gasteiger partial charge in [-0.2, -0.15) is 0 Å². The SMILES string of the molecule is CC(C)(C)CCOC1CCC2CC3CNSC4CCCC(N4)NC(c4cc(C(C)(C)C)ccn4)CC[C@@H]4CN(C3NC2C1)C(C)(C)C4. The third-order valence-corrected chi connectivity index (χ3v) is 13.1. The number of ether oxygens (including phenoxy) is 1. The number of fused-ring (bicyclic) bond motifs is 7. The molecule has 6 rings (SSSR count). The normalized spacial score (nSPS) is 38.5. The molecule has 1 aromatic heterocycles. The highest BCUT2D eigenvalue weighted by Crippen LogP contribution is 2.44. The van der Waals surface area contributed by atoms with Crippen molar-refractivity contribution in [2.45, 2.75) is 173 Å². The summed E-state index contributed by atoms with van der Waals surface area (Å²) in [5.74, 6) is 2.06. The molecule has 47 heavy (non-hydrogen) atoms. The van der Waals surface area contributed by atoms with Gasteiger partial charge in [-0.1, -0.05) is 53.5 Å². The molecule has 4 N–H and O–H groups in total. The maximum Gasteiger partial charge on any atom is 0.0690 e. The first-order chi connectivity index (χ1) is 22.2. The van der Waals surface area contributed by atoms with Crippen molar-refractivity contribution < 1.29 is 4.74 Å². The summed E-state index contributed by atoms with van der Waals surface area (Å²) in [6, 6.07) is 5.40. The van der Waals surface area contributed by atoms with E-state index in [0.717, 1.165) is 31.9 Å². The number of pyridine rings is 1. The van der Waals surface area contributed by atoms with Crippen LogP contribution in [0.25, 0.3) is 0 Å². The van der Waals surface area contributed by atoms with E-state index in [0.29, 0.717) is 47.1 Å². The Morgan fingerprint density at radius 3 is 2.57 bits per heavy atom. The molecule has 0 amide bonds. The van der Waals surface area contributed by atoms with E-state index in [1.54, 1.807) is 0 Å². The van der Waals surface area contributed by atoms with Crippen LogP contribution in [0.5, 0.6) is 0 Å². The van der Waals surface area contributed by atoms with E-state index in [4.69, 9.17) is 9.72 Å². The Hall–Kier alpha value is -0.740. The molecular formula is C39H68N6OS. The van der Waals surface area contributed by atoms with E-state index >= 15 is 0 Å². The first-order valence-electron chi connectivity index (χ1n) is 19.2. The summed E-state index contributed by atoms with van der Waals surface area (Å²) in [5.41, 5.74) is 3.21. The Morgan fingerprint density at radius 1 is 0.957 bits per heavy atom. The van der Waals surface area contributed by atoms with Crippen molar-refractivity contribution in [3.05, 3.63) is 29.6 Å². The van der Waals surface area contributed by atoms with Crippen LogP contribution in [-0.2, 0) is 10.2 Å². The second-order valence-corrected chi connectivity index (χ2v) is 19.8. The number of piperidine rings is 2. The zero-order valence-electron chi connectivity index (χ0n) is 31.0. The third-order valence-electron chi connectivity index (χ3n) is 12.1. The fraction of sp³-hybridized carbons (Fsp3) is 0.872. The predicted molar refractivity (Wildman–Crippen MR) is 197 cm³/mol. The molecular weight excluding hydrogens is 601 g/mol. The standard InChI is InChI=1S/C39H68N6OS/c1-37(2,3)17-19-46-30-14-13-27-20-28-24-41-47-35-11-9-10-34(44-35)42-31(33-21-29(16-18-40-33)38(4,5)6)15-12-26-23-39(7,8)45(25-26)36(28)43-32(27)22-30/h16,18,21,26-28,30-32,34-36,41-44H,9-15,17,19-20,22-25H2,1-8H3/t26-,27?,28?,30?,31?,32?,34?,35?,36?/m0/s1. The van der Waals surface area contributed by atoms with Gasteiger partial charge in [0.15, 0.2) is 0 Å². The van der Waals surface area contributed by atoms with Gasteiger partial charge in [0.25, 0.3) is 0 Å². The van der Waals surface area contributed by atoms with Crippen molar-refractivity contribution in [3.63, 3.8) is 0 Å². The van der Waals surface area contributed by atoms with Crippen molar-refractivity contribution >= 4 is 11.9 Å². The van der Waals surface area contributed by atoms with Crippen LogP contribution in [0.3, 0.4) is 0 Å². The van der Waals surface area contributed by atoms with Crippen LogP contribution in [0.1, 0.15) is 143 Å². The minimum absolute atomic E-state index is 0.114. The van der Waals surface area contributed by atoms with Gasteiger partial charge in [-0.15, -0.1) is 0 Å². The highest BCUT2D eigenvalue weighted by molar-refractivity contribution is 7.98. The Labute approximate surface area is 291 Å². The van der Waals surface area contributed by atoms with Crippen LogP contribution in [0.2, 0.25) is 0 Å². The van der Waals surface area contributed by atoms with Crippen LogP contribution in [0, 0.1) is 23.2 Å². The van der Waals surface area contributed by atoms with Gasteiger partial charge in [-0.3, -0.25) is 30.6 Å². The van der Waals surface area contributed by atoms with E-state index in [9.17, 15) is 0 Å². The fourth-order valence-corrected chi connectivity index (χ4v) is 10.3. The molecule has 0 radical (unpaired) electrons. The molecule has 10 atom stereocenters. The number of hydrogen-bond donors (Lipinski definition) is 4. The molecule has 8 heteroatoms. The van der Waals surface area contributed by atoms with Crippen LogP contribution >= 0.6 is 11.9 Å². The average Bonchev–Trinajstić information content (AvgIpc) is 3.31. The minimum Gasteiger partial charge on any atom is -0.378 e. The zero-order valence-corrected chi connectivity index (χ0v) is 31.9. The smallest absolute Gasteiger partial charge is 0.0690 e. The average molecular weight is 669 g/mol. The Morgan fingerprint density at radius 2 is 1.79 bits per heavy atom. The Bertz CT molecular complexity index is 1160. The van der Waals surface area contributed by atoms with Gasteiger partial charge >= 0.3 is 0 Å². The van der Waals surface area contributed by atoms with E-state index in [1.165, 1.54) is 75.6 Å². The van der Waals surface area contributed by atoms with E-state index < -0.39 is 0 Å². The largest absolute Gasteiger partial charge is 0.378 e. The number of rotatable bonds is 4. The second kappa shape index (κ2) is 14.9. The fourth-order valence-electron chi connectivity index (χ4n) is 9.32. The monoisotopic (exact) mass is 669 g/mol. The molecule has 5 aliphatic rings. The summed E-state index contributed by atoms with van der Waals surface area (Å²) in [7, 11) is 0. The molecule has 7 nitrogen and oxygen atoms in total. The third kappa shape index (κ3) is 9.33. The van der Waals surface area contributed by atoms with Crippen LogP contribution in [0.4, 0.5) is 0 Å². The molecule has 4 aliphatic heterocycles. The summed E-state index contributed by atoms with van der Waals surface area (Å²) in [4.78, 5) is 7.87. The molecule has 0 aromatic carbocycles. The zero-order chi connectivity index (χ0) is 33.4. The highest BCUT2D eigenvalue weighted by atomic mass is 32.2. The maximum absolute atomic E-state index is 6.52. The summed E-state index contributed by atoms with van der Waals surface area (Å²) in [5, 5.41) is 12.8. The lowest BCUT2D eigenvalue weighted by Crippen LogP contribution is -2.65. The molecule has 0 spiro atoms. The lowest BCUT2D eigenvalue weighted by Gasteiger charge is -2.52. The molecule has 1 saturated carbocycles. The number of nitrogens with zero attached hydrogens (tertiary/aromatic N) is 2. The van der Waals surface area contributed by atoms with Crippen molar-refractivity contribution in [1.82, 2.24) is 30.6 Å². The minimum atomic E-state index is 0.114. The van der Waals surface area contributed by atoms with Crippen molar-refractivity contribution in [1.29, 1.82) is 0 Å². The molecule has 1 aromatic rings. The van der Waals surface area contributed by atoms with Gasteiger partial charge < -0.3 is 4.74 Å². The van der Waals surface area contributed by atoms with Gasteiger partial charge in [0.05, 0.1) is 35.5 Å². The molecule has 266 valence electrons. The van der Waals surface area contributed by atoms with Crippen molar-refractivity contribution in [2.75, 3.05) is 19.7 Å². The van der Waals surface area contributed by atoms with E-state index in [-0.39, 0.29) is 17.0 Å². The summed E-state index contributed by atoms with van der Waals surface area (Å²) in [6.45, 7) is 22.1. The maximum atomic E-state index is 6.52. The van der Waals surface area contributed by atoms with Gasteiger partial charge in [-0.05, 0) is 125 Å².